The molecule has 0 bridgehead atoms. The number of ether oxygens (including phenoxy) is 1. The van der Waals surface area contributed by atoms with E-state index in [1.165, 1.54) is 6.33 Å². The van der Waals surface area contributed by atoms with Crippen LogP contribution in [-0.2, 0) is 0 Å². The molecular weight excluding hydrogens is 208 g/mol. The molecule has 6 heteroatoms. The Kier molecular flexibility index (Phi) is 3.31. The molecule has 6 nitrogen and oxygen atoms in total. The van der Waals surface area contributed by atoms with Crippen molar-refractivity contribution < 1.29 is 9.53 Å². The van der Waals surface area contributed by atoms with Gasteiger partial charge in [-0.05, 0) is 7.05 Å². The Balaban J connectivity index is 1.89. The summed E-state index contributed by atoms with van der Waals surface area (Å²) in [5.74, 6) is 0.291. The van der Waals surface area contributed by atoms with Crippen molar-refractivity contribution in [2.75, 3.05) is 33.2 Å². The zero-order valence-electron chi connectivity index (χ0n) is 9.17. The van der Waals surface area contributed by atoms with Gasteiger partial charge in [-0.2, -0.15) is 0 Å². The van der Waals surface area contributed by atoms with Crippen LogP contribution in [0.2, 0.25) is 0 Å². The number of carbonyl (C=O) groups excluding carboxylic acids is 1. The van der Waals surface area contributed by atoms with Gasteiger partial charge in [-0.25, -0.2) is 14.8 Å². The van der Waals surface area contributed by atoms with Crippen molar-refractivity contribution in [3.8, 4) is 5.88 Å². The lowest BCUT2D eigenvalue weighted by molar-refractivity contribution is 0.119. The molecule has 86 valence electrons. The first kappa shape index (κ1) is 10.8. The predicted molar refractivity (Wildman–Crippen MR) is 57.1 cm³/mol. The molecule has 0 spiro atoms. The number of likely N-dealkylation sites (N-methyl/N-ethyl adjacent to an activating group) is 1. The van der Waals surface area contributed by atoms with Crippen LogP contribution < -0.4 is 4.74 Å². The van der Waals surface area contributed by atoms with Crippen molar-refractivity contribution in [1.82, 2.24) is 19.8 Å². The van der Waals surface area contributed by atoms with Crippen LogP contribution in [0.1, 0.15) is 0 Å². The highest BCUT2D eigenvalue weighted by molar-refractivity contribution is 5.70. The number of nitrogens with zero attached hydrogens (tertiary/aromatic N) is 4. The average molecular weight is 222 g/mol. The molecule has 0 radical (unpaired) electrons. The van der Waals surface area contributed by atoms with Crippen molar-refractivity contribution >= 4 is 6.09 Å². The third-order valence-corrected chi connectivity index (χ3v) is 2.51. The molecular formula is C10H14N4O2. The summed E-state index contributed by atoms with van der Waals surface area (Å²) in [5.41, 5.74) is 0. The van der Waals surface area contributed by atoms with Gasteiger partial charge in [-0.1, -0.05) is 0 Å². The molecule has 0 aromatic carbocycles. The lowest BCUT2D eigenvalue weighted by Gasteiger charge is -2.31. The summed E-state index contributed by atoms with van der Waals surface area (Å²) in [6.07, 6.45) is 2.55. The fourth-order valence-electron chi connectivity index (χ4n) is 1.48. The first-order valence-corrected chi connectivity index (χ1v) is 5.17. The van der Waals surface area contributed by atoms with Gasteiger partial charge in [0.15, 0.2) is 0 Å². The van der Waals surface area contributed by atoms with Crippen LogP contribution in [0.3, 0.4) is 0 Å². The van der Waals surface area contributed by atoms with E-state index in [-0.39, 0.29) is 6.09 Å². The molecule has 0 unspecified atom stereocenters. The highest BCUT2D eigenvalue weighted by Crippen LogP contribution is 2.06. The van der Waals surface area contributed by atoms with Crippen molar-refractivity contribution in [3.63, 3.8) is 0 Å². The summed E-state index contributed by atoms with van der Waals surface area (Å²) in [7, 11) is 2.03. The Morgan fingerprint density at radius 2 is 2.12 bits per heavy atom. The second kappa shape index (κ2) is 4.89. The molecule has 1 amide bonds. The predicted octanol–water partition coefficient (Wildman–Crippen LogP) is 0.223. The first-order valence-electron chi connectivity index (χ1n) is 5.17. The van der Waals surface area contributed by atoms with Gasteiger partial charge in [-0.15, -0.1) is 0 Å². The van der Waals surface area contributed by atoms with E-state index in [0.29, 0.717) is 19.0 Å². The molecule has 1 fully saturated rings. The Bertz CT molecular complexity index is 349. The van der Waals surface area contributed by atoms with E-state index in [4.69, 9.17) is 4.74 Å². The zero-order valence-corrected chi connectivity index (χ0v) is 9.17. The lowest BCUT2D eigenvalue weighted by Crippen LogP contribution is -2.48. The standard InChI is InChI=1S/C10H14N4O2/c1-13-4-6-14(7-5-13)10(15)16-9-2-3-11-8-12-9/h2-3,8H,4-7H2,1H3. The van der Waals surface area contributed by atoms with Crippen LogP contribution >= 0.6 is 0 Å². The Morgan fingerprint density at radius 1 is 1.38 bits per heavy atom. The summed E-state index contributed by atoms with van der Waals surface area (Å²) in [4.78, 5) is 23.1. The number of hydrogen-bond acceptors (Lipinski definition) is 5. The topological polar surface area (TPSA) is 58.6 Å². The number of piperazine rings is 1. The Labute approximate surface area is 93.8 Å². The average Bonchev–Trinajstić information content (AvgIpc) is 2.31. The number of amides is 1. The van der Waals surface area contributed by atoms with Crippen LogP contribution in [0, 0.1) is 0 Å². The monoisotopic (exact) mass is 222 g/mol. The van der Waals surface area contributed by atoms with Gasteiger partial charge in [0.25, 0.3) is 0 Å². The fourth-order valence-corrected chi connectivity index (χ4v) is 1.48. The van der Waals surface area contributed by atoms with E-state index in [1.807, 2.05) is 7.05 Å². The summed E-state index contributed by atoms with van der Waals surface area (Å²) < 4.78 is 5.11. The molecule has 0 atom stereocenters. The highest BCUT2D eigenvalue weighted by Gasteiger charge is 2.20. The number of carbonyl (C=O) groups is 1. The largest absolute Gasteiger partial charge is 0.416 e. The van der Waals surface area contributed by atoms with Crippen LogP contribution in [0.25, 0.3) is 0 Å². The molecule has 0 saturated carbocycles. The minimum absolute atomic E-state index is 0.291. The van der Waals surface area contributed by atoms with Gasteiger partial charge in [0.2, 0.25) is 5.88 Å². The highest BCUT2D eigenvalue weighted by atomic mass is 16.6. The van der Waals surface area contributed by atoms with Crippen molar-refractivity contribution in [2.24, 2.45) is 0 Å². The van der Waals surface area contributed by atoms with E-state index < -0.39 is 0 Å². The van der Waals surface area contributed by atoms with Gasteiger partial charge < -0.3 is 14.5 Å². The Morgan fingerprint density at radius 3 is 2.75 bits per heavy atom. The van der Waals surface area contributed by atoms with E-state index in [1.54, 1.807) is 17.2 Å². The molecule has 2 rings (SSSR count). The van der Waals surface area contributed by atoms with Gasteiger partial charge in [0.1, 0.15) is 6.33 Å². The molecule has 1 aliphatic heterocycles. The van der Waals surface area contributed by atoms with Crippen LogP contribution in [-0.4, -0.2) is 59.1 Å². The van der Waals surface area contributed by atoms with E-state index >= 15 is 0 Å². The minimum Gasteiger partial charge on any atom is -0.391 e. The maximum Gasteiger partial charge on any atom is 0.416 e. The zero-order chi connectivity index (χ0) is 11.4. The molecule has 1 aliphatic rings. The number of hydrogen-bond donors (Lipinski definition) is 0. The summed E-state index contributed by atoms with van der Waals surface area (Å²) in [6, 6.07) is 1.56. The molecule has 1 aromatic rings. The molecule has 1 saturated heterocycles. The van der Waals surface area contributed by atoms with Crippen molar-refractivity contribution in [2.45, 2.75) is 0 Å². The van der Waals surface area contributed by atoms with E-state index in [2.05, 4.69) is 14.9 Å². The third-order valence-electron chi connectivity index (χ3n) is 2.51. The maximum atomic E-state index is 11.7. The molecule has 1 aromatic heterocycles. The quantitative estimate of drug-likeness (QED) is 0.680. The van der Waals surface area contributed by atoms with Gasteiger partial charge in [0, 0.05) is 38.4 Å². The fraction of sp³-hybridized carbons (Fsp3) is 0.500. The number of rotatable bonds is 1. The SMILES string of the molecule is CN1CCN(C(=O)Oc2ccncn2)CC1. The smallest absolute Gasteiger partial charge is 0.391 e. The van der Waals surface area contributed by atoms with Gasteiger partial charge in [0.05, 0.1) is 0 Å². The molecule has 0 aliphatic carbocycles. The van der Waals surface area contributed by atoms with Gasteiger partial charge >= 0.3 is 6.09 Å². The summed E-state index contributed by atoms with van der Waals surface area (Å²) in [5, 5.41) is 0. The molecule has 16 heavy (non-hydrogen) atoms. The van der Waals surface area contributed by atoms with E-state index in [9.17, 15) is 4.79 Å². The Hall–Kier alpha value is -1.69. The van der Waals surface area contributed by atoms with Gasteiger partial charge in [-0.3, -0.25) is 0 Å². The van der Waals surface area contributed by atoms with Crippen LogP contribution in [0.4, 0.5) is 4.79 Å². The van der Waals surface area contributed by atoms with Crippen LogP contribution in [0.5, 0.6) is 5.88 Å². The summed E-state index contributed by atoms with van der Waals surface area (Å²) >= 11 is 0. The minimum atomic E-state index is -0.341. The maximum absolute atomic E-state index is 11.7. The second-order valence-electron chi connectivity index (χ2n) is 3.71. The normalized spacial score (nSPS) is 17.2. The lowest BCUT2D eigenvalue weighted by atomic mass is 10.3. The molecule has 2 heterocycles. The summed E-state index contributed by atoms with van der Waals surface area (Å²) in [6.45, 7) is 3.14. The number of aromatic nitrogens is 2. The first-order chi connectivity index (χ1) is 7.75. The van der Waals surface area contributed by atoms with Crippen molar-refractivity contribution in [1.29, 1.82) is 0 Å². The van der Waals surface area contributed by atoms with Crippen molar-refractivity contribution in [3.05, 3.63) is 18.6 Å². The molecule has 0 N–H and O–H groups in total. The van der Waals surface area contributed by atoms with E-state index in [0.717, 1.165) is 13.1 Å². The van der Waals surface area contributed by atoms with Crippen LogP contribution in [0.15, 0.2) is 18.6 Å². The third kappa shape index (κ3) is 2.66. The second-order valence-corrected chi connectivity index (χ2v) is 3.71.